The Morgan fingerprint density at radius 3 is 2.72 bits per heavy atom. The topological polar surface area (TPSA) is 76.1 Å². The summed E-state index contributed by atoms with van der Waals surface area (Å²) < 4.78 is 5.12. The highest BCUT2D eigenvalue weighted by molar-refractivity contribution is 5.92. The van der Waals surface area contributed by atoms with Crippen LogP contribution in [0.25, 0.3) is 0 Å². The first-order valence-corrected chi connectivity index (χ1v) is 6.21. The lowest BCUT2D eigenvalue weighted by atomic mass is 10.3. The van der Waals surface area contributed by atoms with Gasteiger partial charge in [0.1, 0.15) is 5.82 Å². The number of hydrogen-bond acceptors (Lipinski definition) is 5. The van der Waals surface area contributed by atoms with E-state index in [1.54, 1.807) is 12.1 Å². The standard InChI is InChI=1S/C12H20N4O2/c1-3-7-13-11-6-5-10(15-16-11)12(17)14-8-9-18-4-2/h5-6H,3-4,7-9H2,1-2H3,(H,13,16)(H,14,17). The van der Waals surface area contributed by atoms with E-state index in [0.717, 1.165) is 13.0 Å². The Bertz CT molecular complexity index is 354. The van der Waals surface area contributed by atoms with E-state index < -0.39 is 0 Å². The van der Waals surface area contributed by atoms with Gasteiger partial charge in [-0.2, -0.15) is 0 Å². The van der Waals surface area contributed by atoms with Crippen molar-refractivity contribution in [1.29, 1.82) is 0 Å². The zero-order valence-electron chi connectivity index (χ0n) is 10.9. The first-order valence-electron chi connectivity index (χ1n) is 6.21. The summed E-state index contributed by atoms with van der Waals surface area (Å²) in [4.78, 5) is 11.6. The molecule has 2 N–H and O–H groups in total. The van der Waals surface area contributed by atoms with E-state index in [-0.39, 0.29) is 5.91 Å². The van der Waals surface area contributed by atoms with E-state index in [1.807, 2.05) is 6.92 Å². The van der Waals surface area contributed by atoms with Crippen molar-refractivity contribution >= 4 is 11.7 Å². The Balaban J connectivity index is 2.38. The predicted octanol–water partition coefficient (Wildman–Crippen LogP) is 1.06. The Morgan fingerprint density at radius 1 is 1.28 bits per heavy atom. The van der Waals surface area contributed by atoms with Gasteiger partial charge in [-0.3, -0.25) is 4.79 Å². The van der Waals surface area contributed by atoms with Gasteiger partial charge in [0.15, 0.2) is 5.69 Å². The molecule has 0 saturated carbocycles. The normalized spacial score (nSPS) is 10.1. The second-order valence-electron chi connectivity index (χ2n) is 3.68. The summed E-state index contributed by atoms with van der Waals surface area (Å²) in [6.45, 7) is 6.45. The Labute approximate surface area is 107 Å². The second kappa shape index (κ2) is 8.41. The van der Waals surface area contributed by atoms with Crippen molar-refractivity contribution in [2.24, 2.45) is 0 Å². The van der Waals surface area contributed by atoms with Gasteiger partial charge in [-0.05, 0) is 25.5 Å². The molecule has 0 spiro atoms. The first-order chi connectivity index (χ1) is 8.77. The molecule has 1 aromatic rings. The van der Waals surface area contributed by atoms with Crippen LogP contribution in [0.2, 0.25) is 0 Å². The van der Waals surface area contributed by atoms with Crippen LogP contribution < -0.4 is 10.6 Å². The summed E-state index contributed by atoms with van der Waals surface area (Å²) in [6, 6.07) is 3.40. The molecule has 18 heavy (non-hydrogen) atoms. The van der Waals surface area contributed by atoms with Crippen molar-refractivity contribution in [2.75, 3.05) is 31.6 Å². The summed E-state index contributed by atoms with van der Waals surface area (Å²) in [5.74, 6) is 0.451. The molecular weight excluding hydrogens is 232 g/mol. The van der Waals surface area contributed by atoms with Crippen molar-refractivity contribution in [2.45, 2.75) is 20.3 Å². The third kappa shape index (κ3) is 5.09. The molecule has 1 rings (SSSR count). The summed E-state index contributed by atoms with van der Waals surface area (Å²) in [5, 5.41) is 13.6. The van der Waals surface area contributed by atoms with Gasteiger partial charge in [0, 0.05) is 19.7 Å². The molecule has 0 aliphatic heterocycles. The molecule has 1 aromatic heterocycles. The summed E-state index contributed by atoms with van der Waals surface area (Å²) in [5.41, 5.74) is 0.313. The second-order valence-corrected chi connectivity index (χ2v) is 3.68. The number of rotatable bonds is 8. The Hall–Kier alpha value is -1.69. The predicted molar refractivity (Wildman–Crippen MR) is 69.6 cm³/mol. The van der Waals surface area contributed by atoms with Crippen LogP contribution in [-0.4, -0.2) is 42.4 Å². The highest BCUT2D eigenvalue weighted by atomic mass is 16.5. The maximum atomic E-state index is 11.6. The van der Waals surface area contributed by atoms with E-state index >= 15 is 0 Å². The SMILES string of the molecule is CCCNc1ccc(C(=O)NCCOCC)nn1. The zero-order chi connectivity index (χ0) is 13.2. The molecule has 100 valence electrons. The maximum Gasteiger partial charge on any atom is 0.271 e. The summed E-state index contributed by atoms with van der Waals surface area (Å²) in [6.07, 6.45) is 1.02. The Kier molecular flexibility index (Phi) is 6.71. The van der Waals surface area contributed by atoms with Crippen LogP contribution in [0.4, 0.5) is 5.82 Å². The van der Waals surface area contributed by atoms with Gasteiger partial charge in [0.25, 0.3) is 5.91 Å². The third-order valence-electron chi connectivity index (χ3n) is 2.19. The molecule has 0 aliphatic carbocycles. The molecule has 0 aromatic carbocycles. The fraction of sp³-hybridized carbons (Fsp3) is 0.583. The summed E-state index contributed by atoms with van der Waals surface area (Å²) in [7, 11) is 0. The van der Waals surface area contributed by atoms with Crippen LogP contribution in [0, 0.1) is 0 Å². The van der Waals surface area contributed by atoms with Gasteiger partial charge < -0.3 is 15.4 Å². The number of ether oxygens (including phenoxy) is 1. The number of nitrogens with zero attached hydrogens (tertiary/aromatic N) is 2. The molecule has 0 radical (unpaired) electrons. The van der Waals surface area contributed by atoms with E-state index in [9.17, 15) is 4.79 Å². The molecule has 6 heteroatoms. The highest BCUT2D eigenvalue weighted by Gasteiger charge is 2.06. The lowest BCUT2D eigenvalue weighted by Crippen LogP contribution is -2.28. The molecule has 0 saturated heterocycles. The zero-order valence-corrected chi connectivity index (χ0v) is 10.9. The van der Waals surface area contributed by atoms with Gasteiger partial charge in [0.05, 0.1) is 6.61 Å². The molecule has 0 bridgehead atoms. The number of amides is 1. The molecule has 0 atom stereocenters. The van der Waals surface area contributed by atoms with E-state index in [2.05, 4.69) is 27.8 Å². The minimum atomic E-state index is -0.232. The lowest BCUT2D eigenvalue weighted by Gasteiger charge is -2.05. The van der Waals surface area contributed by atoms with E-state index in [1.165, 1.54) is 0 Å². The van der Waals surface area contributed by atoms with Crippen molar-refractivity contribution in [1.82, 2.24) is 15.5 Å². The van der Waals surface area contributed by atoms with Crippen LogP contribution in [0.3, 0.4) is 0 Å². The number of hydrogen-bond donors (Lipinski definition) is 2. The summed E-state index contributed by atoms with van der Waals surface area (Å²) >= 11 is 0. The molecule has 0 unspecified atom stereocenters. The number of carbonyl (C=O) groups is 1. The first kappa shape index (κ1) is 14.4. The number of anilines is 1. The smallest absolute Gasteiger partial charge is 0.271 e. The van der Waals surface area contributed by atoms with Crippen LogP contribution >= 0.6 is 0 Å². The fourth-order valence-corrected chi connectivity index (χ4v) is 1.27. The molecule has 0 fully saturated rings. The quantitative estimate of drug-likeness (QED) is 0.677. The monoisotopic (exact) mass is 252 g/mol. The largest absolute Gasteiger partial charge is 0.380 e. The lowest BCUT2D eigenvalue weighted by molar-refractivity contribution is 0.0917. The molecule has 6 nitrogen and oxygen atoms in total. The number of nitrogens with one attached hydrogen (secondary N) is 2. The van der Waals surface area contributed by atoms with Gasteiger partial charge in [0.2, 0.25) is 0 Å². The van der Waals surface area contributed by atoms with Gasteiger partial charge >= 0.3 is 0 Å². The van der Waals surface area contributed by atoms with Crippen LogP contribution in [0.5, 0.6) is 0 Å². The number of aromatic nitrogens is 2. The van der Waals surface area contributed by atoms with Crippen molar-refractivity contribution in [3.05, 3.63) is 17.8 Å². The minimum Gasteiger partial charge on any atom is -0.380 e. The van der Waals surface area contributed by atoms with Gasteiger partial charge in [-0.1, -0.05) is 6.92 Å². The van der Waals surface area contributed by atoms with Crippen molar-refractivity contribution in [3.63, 3.8) is 0 Å². The van der Waals surface area contributed by atoms with E-state index in [0.29, 0.717) is 31.3 Å². The molecule has 1 amide bonds. The van der Waals surface area contributed by atoms with Crippen LogP contribution in [0.1, 0.15) is 30.8 Å². The third-order valence-corrected chi connectivity index (χ3v) is 2.19. The fourth-order valence-electron chi connectivity index (χ4n) is 1.27. The van der Waals surface area contributed by atoms with Crippen LogP contribution in [0.15, 0.2) is 12.1 Å². The van der Waals surface area contributed by atoms with Gasteiger partial charge in [-0.25, -0.2) is 0 Å². The molecular formula is C12H20N4O2. The highest BCUT2D eigenvalue weighted by Crippen LogP contribution is 2.01. The van der Waals surface area contributed by atoms with E-state index in [4.69, 9.17) is 4.74 Å². The van der Waals surface area contributed by atoms with Crippen molar-refractivity contribution < 1.29 is 9.53 Å². The maximum absolute atomic E-state index is 11.6. The molecule has 0 aliphatic rings. The average molecular weight is 252 g/mol. The van der Waals surface area contributed by atoms with Crippen LogP contribution in [-0.2, 0) is 4.74 Å². The average Bonchev–Trinajstić information content (AvgIpc) is 2.41. The molecule has 1 heterocycles. The number of carbonyl (C=O) groups excluding carboxylic acids is 1. The Morgan fingerprint density at radius 2 is 2.11 bits per heavy atom. The minimum absolute atomic E-state index is 0.232. The van der Waals surface area contributed by atoms with Crippen molar-refractivity contribution in [3.8, 4) is 0 Å². The van der Waals surface area contributed by atoms with Gasteiger partial charge in [-0.15, -0.1) is 10.2 Å².